The molecule has 0 spiro atoms. The van der Waals surface area contributed by atoms with E-state index in [1.165, 1.54) is 12.8 Å². The number of rotatable bonds is 3. The normalized spacial score (nSPS) is 45.6. The zero-order valence-corrected chi connectivity index (χ0v) is 12.2. The van der Waals surface area contributed by atoms with E-state index in [-0.39, 0.29) is 11.5 Å². The minimum absolute atomic E-state index is 0.166. The molecule has 0 aromatic rings. The Morgan fingerprint density at radius 1 is 1.41 bits per heavy atom. The molecule has 5 unspecified atom stereocenters. The Bertz CT molecular complexity index is 339. The second-order valence-corrected chi connectivity index (χ2v) is 7.21. The van der Waals surface area contributed by atoms with Crippen molar-refractivity contribution in [3.05, 3.63) is 11.6 Å². The van der Waals surface area contributed by atoms with Gasteiger partial charge in [0.25, 0.3) is 0 Å². The molecule has 2 aliphatic rings. The molecule has 5 atom stereocenters. The van der Waals surface area contributed by atoms with Crippen molar-refractivity contribution in [3.8, 4) is 0 Å². The fraction of sp³-hybridized carbons (Fsp3) is 0.875. The maximum Gasteiger partial charge on any atom is 0.0571 e. The lowest BCUT2D eigenvalue weighted by Crippen LogP contribution is -2.23. The molecule has 2 rings (SSSR count). The molecule has 1 fully saturated rings. The molecule has 2 aliphatic carbocycles. The third kappa shape index (κ3) is 1.78. The van der Waals surface area contributed by atoms with E-state index in [4.69, 9.17) is 0 Å². The fourth-order valence-corrected chi connectivity index (χ4v) is 3.91. The summed E-state index contributed by atoms with van der Waals surface area (Å²) in [6, 6.07) is 0. The van der Waals surface area contributed by atoms with E-state index in [0.717, 1.165) is 5.92 Å². The van der Waals surface area contributed by atoms with Gasteiger partial charge in [-0.2, -0.15) is 0 Å². The second-order valence-electron chi connectivity index (χ2n) is 7.21. The maximum absolute atomic E-state index is 9.94. The predicted molar refractivity (Wildman–Crippen MR) is 72.7 cm³/mol. The molecule has 0 bridgehead atoms. The molecule has 1 heteroatoms. The maximum atomic E-state index is 9.94. The van der Waals surface area contributed by atoms with Gasteiger partial charge < -0.3 is 5.11 Å². The lowest BCUT2D eigenvalue weighted by Gasteiger charge is -2.30. The first-order chi connectivity index (χ1) is 7.72. The summed E-state index contributed by atoms with van der Waals surface area (Å²) in [7, 11) is 0. The molecule has 0 heterocycles. The predicted octanol–water partition coefficient (Wildman–Crippen LogP) is 4.02. The van der Waals surface area contributed by atoms with E-state index in [1.54, 1.807) is 5.57 Å². The van der Waals surface area contributed by atoms with Gasteiger partial charge in [-0.25, -0.2) is 0 Å². The summed E-state index contributed by atoms with van der Waals surface area (Å²) in [4.78, 5) is 0. The highest BCUT2D eigenvalue weighted by atomic mass is 16.3. The molecule has 0 aromatic carbocycles. The van der Waals surface area contributed by atoms with E-state index in [9.17, 15) is 5.11 Å². The SMILES string of the molecule is CC1=CCC(CC2C(C)C2(C)C(C)O)C1(C)C. The standard InChI is InChI=1S/C16H28O/c1-10-7-8-13(15(10,4)5)9-14-11(2)16(14,6)12(3)17/h7,11-14,17H,8-9H2,1-6H3. The molecule has 1 saturated carbocycles. The van der Waals surface area contributed by atoms with Crippen LogP contribution in [0.5, 0.6) is 0 Å². The van der Waals surface area contributed by atoms with Crippen molar-refractivity contribution in [1.29, 1.82) is 0 Å². The van der Waals surface area contributed by atoms with E-state index in [0.29, 0.717) is 17.3 Å². The van der Waals surface area contributed by atoms with Gasteiger partial charge in [-0.1, -0.05) is 39.3 Å². The van der Waals surface area contributed by atoms with Crippen LogP contribution >= 0.6 is 0 Å². The summed E-state index contributed by atoms with van der Waals surface area (Å²) in [6.45, 7) is 13.5. The Morgan fingerprint density at radius 2 is 2.00 bits per heavy atom. The first-order valence-corrected chi connectivity index (χ1v) is 7.07. The fourth-order valence-electron chi connectivity index (χ4n) is 3.91. The van der Waals surface area contributed by atoms with Crippen LogP contribution in [0.2, 0.25) is 0 Å². The number of aliphatic hydroxyl groups excluding tert-OH is 1. The van der Waals surface area contributed by atoms with Gasteiger partial charge in [0, 0.05) is 0 Å². The molecule has 1 N–H and O–H groups in total. The average Bonchev–Trinajstić information content (AvgIpc) is 2.65. The number of hydrogen-bond acceptors (Lipinski definition) is 1. The summed E-state index contributed by atoms with van der Waals surface area (Å²) in [5.74, 6) is 2.17. The Morgan fingerprint density at radius 3 is 2.35 bits per heavy atom. The second kappa shape index (κ2) is 3.85. The van der Waals surface area contributed by atoms with Gasteiger partial charge >= 0.3 is 0 Å². The van der Waals surface area contributed by atoms with Crippen molar-refractivity contribution in [3.63, 3.8) is 0 Å². The molecule has 1 nitrogen and oxygen atoms in total. The van der Waals surface area contributed by atoms with Crippen LogP contribution in [0.3, 0.4) is 0 Å². The average molecular weight is 236 g/mol. The molecule has 0 radical (unpaired) electrons. The molecule has 0 aromatic heterocycles. The van der Waals surface area contributed by atoms with Crippen molar-refractivity contribution in [2.75, 3.05) is 0 Å². The van der Waals surface area contributed by atoms with Crippen LogP contribution in [0.25, 0.3) is 0 Å². The topological polar surface area (TPSA) is 20.2 Å². The molecule has 98 valence electrons. The van der Waals surface area contributed by atoms with Crippen LogP contribution in [0.4, 0.5) is 0 Å². The Hall–Kier alpha value is -0.300. The molecule has 0 amide bonds. The summed E-state index contributed by atoms with van der Waals surface area (Å²) >= 11 is 0. The van der Waals surface area contributed by atoms with Crippen molar-refractivity contribution in [1.82, 2.24) is 0 Å². The van der Waals surface area contributed by atoms with Crippen LogP contribution in [-0.4, -0.2) is 11.2 Å². The molecule has 17 heavy (non-hydrogen) atoms. The van der Waals surface area contributed by atoms with Gasteiger partial charge in [0.1, 0.15) is 0 Å². The van der Waals surface area contributed by atoms with Crippen molar-refractivity contribution >= 4 is 0 Å². The zero-order chi connectivity index (χ0) is 13.0. The lowest BCUT2D eigenvalue weighted by molar-refractivity contribution is 0.0993. The highest BCUT2D eigenvalue weighted by Gasteiger charge is 2.61. The lowest BCUT2D eigenvalue weighted by atomic mass is 9.74. The largest absolute Gasteiger partial charge is 0.393 e. The van der Waals surface area contributed by atoms with Crippen LogP contribution in [0.15, 0.2) is 11.6 Å². The van der Waals surface area contributed by atoms with E-state index in [1.807, 2.05) is 6.92 Å². The summed E-state index contributed by atoms with van der Waals surface area (Å²) in [6.07, 6.45) is 4.76. The number of hydrogen-bond donors (Lipinski definition) is 1. The molecule has 0 saturated heterocycles. The van der Waals surface area contributed by atoms with Gasteiger partial charge in [0.15, 0.2) is 0 Å². The minimum Gasteiger partial charge on any atom is -0.393 e. The van der Waals surface area contributed by atoms with Gasteiger partial charge in [0.2, 0.25) is 0 Å². The summed E-state index contributed by atoms with van der Waals surface area (Å²) < 4.78 is 0. The number of allylic oxidation sites excluding steroid dienone is 2. The monoisotopic (exact) mass is 236 g/mol. The highest BCUT2D eigenvalue weighted by Crippen LogP contribution is 2.64. The van der Waals surface area contributed by atoms with Crippen LogP contribution < -0.4 is 0 Å². The van der Waals surface area contributed by atoms with Crippen molar-refractivity contribution in [2.45, 2.75) is 60.5 Å². The van der Waals surface area contributed by atoms with Gasteiger partial charge in [-0.05, 0) is 55.3 Å². The summed E-state index contributed by atoms with van der Waals surface area (Å²) in [5, 5.41) is 9.94. The van der Waals surface area contributed by atoms with Gasteiger partial charge in [0.05, 0.1) is 6.10 Å². The summed E-state index contributed by atoms with van der Waals surface area (Å²) in [5.41, 5.74) is 2.09. The number of aliphatic hydroxyl groups is 1. The first-order valence-electron chi connectivity index (χ1n) is 7.07. The molecule has 0 aliphatic heterocycles. The van der Waals surface area contributed by atoms with Gasteiger partial charge in [-0.15, -0.1) is 0 Å². The minimum atomic E-state index is -0.166. The van der Waals surface area contributed by atoms with E-state index < -0.39 is 0 Å². The van der Waals surface area contributed by atoms with Crippen LogP contribution in [0.1, 0.15) is 54.4 Å². The Labute approximate surface area is 106 Å². The van der Waals surface area contributed by atoms with Gasteiger partial charge in [-0.3, -0.25) is 0 Å². The van der Waals surface area contributed by atoms with Crippen molar-refractivity contribution in [2.24, 2.45) is 28.6 Å². The molecular formula is C16H28O. The third-order valence-corrected chi connectivity index (χ3v) is 6.46. The van der Waals surface area contributed by atoms with Crippen LogP contribution in [-0.2, 0) is 0 Å². The highest BCUT2D eigenvalue weighted by molar-refractivity contribution is 5.20. The molecular weight excluding hydrogens is 208 g/mol. The Kier molecular flexibility index (Phi) is 2.97. The van der Waals surface area contributed by atoms with Crippen LogP contribution in [0, 0.1) is 28.6 Å². The van der Waals surface area contributed by atoms with E-state index in [2.05, 4.69) is 40.7 Å². The smallest absolute Gasteiger partial charge is 0.0571 e. The Balaban J connectivity index is 2.02. The quantitative estimate of drug-likeness (QED) is 0.734. The first kappa shape index (κ1) is 13.1. The van der Waals surface area contributed by atoms with E-state index >= 15 is 0 Å². The zero-order valence-electron chi connectivity index (χ0n) is 12.2. The third-order valence-electron chi connectivity index (χ3n) is 6.46. The van der Waals surface area contributed by atoms with Crippen molar-refractivity contribution < 1.29 is 5.11 Å².